The molecule has 0 saturated carbocycles. The van der Waals surface area contributed by atoms with Crippen LogP contribution in [0.5, 0.6) is 5.75 Å². The molecular formula is C18H15F3N4O2S. The molecule has 1 aromatic heterocycles. The summed E-state index contributed by atoms with van der Waals surface area (Å²) in [6.45, 7) is 0. The van der Waals surface area contributed by atoms with Crippen LogP contribution in [0.25, 0.3) is 0 Å². The Kier molecular flexibility index (Phi) is 5.88. The molecule has 0 aliphatic heterocycles. The molecule has 3 rings (SSSR count). The summed E-state index contributed by atoms with van der Waals surface area (Å²) in [6.07, 6.45) is -3.21. The van der Waals surface area contributed by atoms with Gasteiger partial charge >= 0.3 is 6.36 Å². The van der Waals surface area contributed by atoms with Crippen LogP contribution in [0.4, 0.5) is 18.9 Å². The third-order valence-electron chi connectivity index (χ3n) is 3.55. The summed E-state index contributed by atoms with van der Waals surface area (Å²) in [7, 11) is 1.84. The van der Waals surface area contributed by atoms with Gasteiger partial charge in [0.25, 0.3) is 5.91 Å². The van der Waals surface area contributed by atoms with Crippen LogP contribution in [0, 0.1) is 0 Å². The van der Waals surface area contributed by atoms with Gasteiger partial charge in [0.2, 0.25) is 0 Å². The number of aromatic nitrogens is 3. The van der Waals surface area contributed by atoms with Gasteiger partial charge in [0.15, 0.2) is 5.16 Å². The number of nitrogens with one attached hydrogen (secondary N) is 1. The van der Waals surface area contributed by atoms with E-state index in [9.17, 15) is 18.0 Å². The van der Waals surface area contributed by atoms with Crippen LogP contribution in [0.1, 0.15) is 15.9 Å². The fourth-order valence-corrected chi connectivity index (χ4v) is 3.16. The lowest BCUT2D eigenvalue weighted by molar-refractivity contribution is -0.274. The smallest absolute Gasteiger partial charge is 0.406 e. The Morgan fingerprint density at radius 1 is 1.21 bits per heavy atom. The highest BCUT2D eigenvalue weighted by molar-refractivity contribution is 7.98. The zero-order valence-electron chi connectivity index (χ0n) is 14.6. The van der Waals surface area contributed by atoms with E-state index in [-0.39, 0.29) is 5.56 Å². The van der Waals surface area contributed by atoms with Crippen molar-refractivity contribution >= 4 is 23.4 Å². The quantitative estimate of drug-likeness (QED) is 0.618. The topological polar surface area (TPSA) is 69.0 Å². The molecule has 0 spiro atoms. The van der Waals surface area contributed by atoms with E-state index >= 15 is 0 Å². The van der Waals surface area contributed by atoms with Gasteiger partial charge in [-0.05, 0) is 35.9 Å². The Hall–Kier alpha value is -3.01. The Labute approximate surface area is 162 Å². The molecule has 146 valence electrons. The second kappa shape index (κ2) is 8.34. The van der Waals surface area contributed by atoms with Crippen molar-refractivity contribution in [3.63, 3.8) is 0 Å². The number of ether oxygens (including phenoxy) is 1. The molecule has 1 heterocycles. The Bertz CT molecular complexity index is 975. The average Bonchev–Trinajstić information content (AvgIpc) is 3.04. The highest BCUT2D eigenvalue weighted by Crippen LogP contribution is 2.25. The average molecular weight is 408 g/mol. The number of hydrogen-bond acceptors (Lipinski definition) is 5. The van der Waals surface area contributed by atoms with E-state index in [1.54, 1.807) is 29.1 Å². The minimum absolute atomic E-state index is 0.0561. The monoisotopic (exact) mass is 408 g/mol. The number of carbonyl (C=O) groups excluding carboxylic acids is 1. The van der Waals surface area contributed by atoms with E-state index in [0.29, 0.717) is 11.4 Å². The molecule has 3 aromatic rings. The van der Waals surface area contributed by atoms with Crippen molar-refractivity contribution in [2.45, 2.75) is 17.3 Å². The maximum absolute atomic E-state index is 12.4. The molecule has 6 nitrogen and oxygen atoms in total. The standard InChI is InChI=1S/C18H15F3N4O2S/c1-25-11-22-24-17(25)28-10-12-4-2-6-14(8-12)23-16(26)13-5-3-7-15(9-13)27-18(19,20)21/h2-9,11H,10H2,1H3,(H,23,26). The molecule has 0 atom stereocenters. The highest BCUT2D eigenvalue weighted by atomic mass is 32.2. The van der Waals surface area contributed by atoms with Crippen LogP contribution < -0.4 is 10.1 Å². The number of hydrogen-bond donors (Lipinski definition) is 1. The first kappa shape index (κ1) is 19.7. The highest BCUT2D eigenvalue weighted by Gasteiger charge is 2.31. The third-order valence-corrected chi connectivity index (χ3v) is 4.66. The lowest BCUT2D eigenvalue weighted by Gasteiger charge is -2.11. The van der Waals surface area contributed by atoms with Crippen LogP contribution in [-0.2, 0) is 12.8 Å². The molecule has 2 aromatic carbocycles. The summed E-state index contributed by atoms with van der Waals surface area (Å²) in [4.78, 5) is 12.4. The first-order valence-electron chi connectivity index (χ1n) is 8.03. The lowest BCUT2D eigenvalue weighted by atomic mass is 10.2. The van der Waals surface area contributed by atoms with Crippen molar-refractivity contribution in [1.29, 1.82) is 0 Å². The maximum atomic E-state index is 12.4. The number of nitrogens with zero attached hydrogens (tertiary/aromatic N) is 3. The van der Waals surface area contributed by atoms with Gasteiger partial charge in [0.05, 0.1) is 0 Å². The molecule has 0 radical (unpaired) electrons. The molecule has 0 bridgehead atoms. The van der Waals surface area contributed by atoms with E-state index in [1.165, 1.54) is 23.9 Å². The predicted molar refractivity (Wildman–Crippen MR) is 98.1 cm³/mol. The first-order valence-corrected chi connectivity index (χ1v) is 9.01. The summed E-state index contributed by atoms with van der Waals surface area (Å²) in [6, 6.07) is 12.1. The normalized spacial score (nSPS) is 11.3. The van der Waals surface area contributed by atoms with E-state index in [2.05, 4.69) is 20.3 Å². The van der Waals surface area contributed by atoms with Gasteiger partial charge in [-0.25, -0.2) is 0 Å². The van der Waals surface area contributed by atoms with Gasteiger partial charge in [-0.1, -0.05) is 30.0 Å². The molecule has 1 N–H and O–H groups in total. The molecule has 0 aliphatic carbocycles. The number of benzene rings is 2. The number of aryl methyl sites for hydroxylation is 1. The number of rotatable bonds is 6. The first-order chi connectivity index (χ1) is 13.3. The Morgan fingerprint density at radius 3 is 2.71 bits per heavy atom. The summed E-state index contributed by atoms with van der Waals surface area (Å²) >= 11 is 1.49. The van der Waals surface area contributed by atoms with Crippen LogP contribution >= 0.6 is 11.8 Å². The lowest BCUT2D eigenvalue weighted by Crippen LogP contribution is -2.18. The van der Waals surface area contributed by atoms with Crippen LogP contribution in [0.3, 0.4) is 0 Å². The van der Waals surface area contributed by atoms with Crippen molar-refractivity contribution < 1.29 is 22.7 Å². The number of anilines is 1. The van der Waals surface area contributed by atoms with Crippen molar-refractivity contribution in [1.82, 2.24) is 14.8 Å². The molecular weight excluding hydrogens is 393 g/mol. The SMILES string of the molecule is Cn1cnnc1SCc1cccc(NC(=O)c2cccc(OC(F)(F)F)c2)c1. The van der Waals surface area contributed by atoms with E-state index in [1.807, 2.05) is 13.1 Å². The molecule has 1 amide bonds. The van der Waals surface area contributed by atoms with E-state index in [0.717, 1.165) is 22.9 Å². The van der Waals surface area contributed by atoms with Gasteiger partial charge in [0, 0.05) is 24.1 Å². The van der Waals surface area contributed by atoms with Gasteiger partial charge in [-0.3, -0.25) is 4.79 Å². The molecule has 0 saturated heterocycles. The van der Waals surface area contributed by atoms with Crippen LogP contribution in [-0.4, -0.2) is 27.0 Å². The zero-order valence-corrected chi connectivity index (χ0v) is 15.4. The van der Waals surface area contributed by atoms with Gasteiger partial charge in [-0.15, -0.1) is 23.4 Å². The van der Waals surface area contributed by atoms with Crippen molar-refractivity contribution in [3.8, 4) is 5.75 Å². The number of alkyl halides is 3. The predicted octanol–water partition coefficient (Wildman–Crippen LogP) is 4.26. The molecule has 28 heavy (non-hydrogen) atoms. The van der Waals surface area contributed by atoms with Crippen LogP contribution in [0.2, 0.25) is 0 Å². The number of thioether (sulfide) groups is 1. The summed E-state index contributed by atoms with van der Waals surface area (Å²) in [5.74, 6) is -0.370. The summed E-state index contributed by atoms with van der Waals surface area (Å²) in [5.41, 5.74) is 1.53. The fourth-order valence-electron chi connectivity index (χ4n) is 2.33. The number of halogens is 3. The van der Waals surface area contributed by atoms with Crippen LogP contribution in [0.15, 0.2) is 60.0 Å². The van der Waals surface area contributed by atoms with Gasteiger partial charge < -0.3 is 14.6 Å². The van der Waals surface area contributed by atoms with E-state index in [4.69, 9.17) is 0 Å². The second-order valence-electron chi connectivity index (χ2n) is 5.74. The second-order valence-corrected chi connectivity index (χ2v) is 6.69. The maximum Gasteiger partial charge on any atom is 0.573 e. The van der Waals surface area contributed by atoms with Crippen molar-refractivity contribution in [3.05, 3.63) is 66.0 Å². The summed E-state index contributed by atoms with van der Waals surface area (Å²) < 4.78 is 42.6. The van der Waals surface area contributed by atoms with Gasteiger partial charge in [0.1, 0.15) is 12.1 Å². The minimum Gasteiger partial charge on any atom is -0.406 e. The Balaban J connectivity index is 1.66. The molecule has 0 unspecified atom stereocenters. The molecule has 0 aliphatic rings. The summed E-state index contributed by atoms with van der Waals surface area (Å²) in [5, 5.41) is 11.2. The number of amides is 1. The fraction of sp³-hybridized carbons (Fsp3) is 0.167. The van der Waals surface area contributed by atoms with Crippen molar-refractivity contribution in [2.24, 2.45) is 7.05 Å². The van der Waals surface area contributed by atoms with Gasteiger partial charge in [-0.2, -0.15) is 0 Å². The number of carbonyl (C=O) groups is 1. The van der Waals surface area contributed by atoms with Crippen molar-refractivity contribution in [2.75, 3.05) is 5.32 Å². The molecule has 0 fully saturated rings. The third kappa shape index (κ3) is 5.49. The molecule has 10 heteroatoms. The minimum atomic E-state index is -4.82. The Morgan fingerprint density at radius 2 is 2.00 bits per heavy atom. The largest absolute Gasteiger partial charge is 0.573 e. The zero-order chi connectivity index (χ0) is 20.1. The van der Waals surface area contributed by atoms with E-state index < -0.39 is 18.0 Å².